The summed E-state index contributed by atoms with van der Waals surface area (Å²) >= 11 is 0. The number of benzene rings is 1. The molecule has 17 heavy (non-hydrogen) atoms. The third kappa shape index (κ3) is 2.74. The van der Waals surface area contributed by atoms with Gasteiger partial charge in [-0.3, -0.25) is 4.68 Å². The summed E-state index contributed by atoms with van der Waals surface area (Å²) in [6, 6.07) is 10.2. The molecule has 1 aromatic carbocycles. The number of aliphatic hydroxyl groups is 1. The fourth-order valence-electron chi connectivity index (χ4n) is 2.11. The zero-order valence-electron chi connectivity index (χ0n) is 10.5. The van der Waals surface area contributed by atoms with Crippen LogP contribution >= 0.6 is 0 Å². The Morgan fingerprint density at radius 2 is 2.06 bits per heavy atom. The number of nitrogens with zero attached hydrogens (tertiary/aromatic N) is 2. The molecule has 3 nitrogen and oxygen atoms in total. The molecule has 0 aliphatic heterocycles. The summed E-state index contributed by atoms with van der Waals surface area (Å²) in [5, 5.41) is 14.4. The lowest BCUT2D eigenvalue weighted by Crippen LogP contribution is -2.07. The van der Waals surface area contributed by atoms with Crippen LogP contribution < -0.4 is 0 Å². The Hall–Kier alpha value is -1.61. The fourth-order valence-corrected chi connectivity index (χ4v) is 2.11. The highest BCUT2D eigenvalue weighted by Gasteiger charge is 2.13. The van der Waals surface area contributed by atoms with Crippen molar-refractivity contribution < 1.29 is 5.11 Å². The van der Waals surface area contributed by atoms with Crippen LogP contribution in [-0.4, -0.2) is 14.9 Å². The largest absolute Gasteiger partial charge is 0.386 e. The van der Waals surface area contributed by atoms with Crippen LogP contribution in [0.25, 0.3) is 0 Å². The molecule has 0 saturated heterocycles. The molecule has 3 heteroatoms. The molecule has 1 unspecified atom stereocenters. The van der Waals surface area contributed by atoms with Crippen molar-refractivity contribution in [2.45, 2.75) is 26.4 Å². The molecule has 0 radical (unpaired) electrons. The molecule has 0 amide bonds. The highest BCUT2D eigenvalue weighted by molar-refractivity contribution is 5.24. The van der Waals surface area contributed by atoms with E-state index >= 15 is 0 Å². The van der Waals surface area contributed by atoms with Gasteiger partial charge in [0.05, 0.1) is 17.5 Å². The minimum Gasteiger partial charge on any atom is -0.386 e. The van der Waals surface area contributed by atoms with E-state index in [0.29, 0.717) is 6.42 Å². The maximum absolute atomic E-state index is 10.2. The Bertz CT molecular complexity index is 517. The van der Waals surface area contributed by atoms with E-state index in [-0.39, 0.29) is 0 Å². The lowest BCUT2D eigenvalue weighted by Gasteiger charge is -2.11. The van der Waals surface area contributed by atoms with Gasteiger partial charge in [-0.1, -0.05) is 29.8 Å². The first-order valence-electron chi connectivity index (χ1n) is 5.80. The summed E-state index contributed by atoms with van der Waals surface area (Å²) in [4.78, 5) is 0. The van der Waals surface area contributed by atoms with Gasteiger partial charge in [-0.15, -0.1) is 0 Å². The van der Waals surface area contributed by atoms with Crippen LogP contribution in [0.4, 0.5) is 0 Å². The summed E-state index contributed by atoms with van der Waals surface area (Å²) in [5.74, 6) is 0. The zero-order chi connectivity index (χ0) is 12.4. The maximum atomic E-state index is 10.2. The van der Waals surface area contributed by atoms with Gasteiger partial charge in [-0.05, 0) is 25.5 Å². The van der Waals surface area contributed by atoms with E-state index in [0.717, 1.165) is 17.0 Å². The highest BCUT2D eigenvalue weighted by Crippen LogP contribution is 2.19. The lowest BCUT2D eigenvalue weighted by molar-refractivity contribution is 0.168. The standard InChI is InChI=1S/C14H18N2O/c1-10-5-4-6-12(7-10)9-14(17)13-8-11(2)15-16(13)3/h4-8,14,17H,9H2,1-3H3. The molecule has 0 aliphatic rings. The van der Waals surface area contributed by atoms with E-state index in [1.54, 1.807) is 4.68 Å². The van der Waals surface area contributed by atoms with Crippen molar-refractivity contribution in [1.82, 2.24) is 9.78 Å². The first-order valence-corrected chi connectivity index (χ1v) is 5.80. The van der Waals surface area contributed by atoms with Gasteiger partial charge < -0.3 is 5.11 Å². The van der Waals surface area contributed by atoms with E-state index in [2.05, 4.69) is 24.2 Å². The number of hydrogen-bond acceptors (Lipinski definition) is 2. The Kier molecular flexibility index (Phi) is 3.29. The summed E-state index contributed by atoms with van der Waals surface area (Å²) in [6.07, 6.45) is 0.128. The molecular weight excluding hydrogens is 212 g/mol. The van der Waals surface area contributed by atoms with Crippen molar-refractivity contribution in [3.8, 4) is 0 Å². The molecule has 0 aliphatic carbocycles. The summed E-state index contributed by atoms with van der Waals surface area (Å²) in [7, 11) is 1.86. The quantitative estimate of drug-likeness (QED) is 0.878. The molecule has 0 saturated carbocycles. The molecule has 1 aromatic heterocycles. The van der Waals surface area contributed by atoms with Gasteiger partial charge >= 0.3 is 0 Å². The van der Waals surface area contributed by atoms with Gasteiger partial charge in [-0.25, -0.2) is 0 Å². The van der Waals surface area contributed by atoms with Gasteiger partial charge in [0.25, 0.3) is 0 Å². The van der Waals surface area contributed by atoms with Gasteiger partial charge in [0, 0.05) is 13.5 Å². The Balaban J connectivity index is 2.16. The smallest absolute Gasteiger partial charge is 0.0996 e. The second-order valence-corrected chi connectivity index (χ2v) is 4.54. The van der Waals surface area contributed by atoms with Crippen LogP contribution in [0.5, 0.6) is 0 Å². The summed E-state index contributed by atoms with van der Waals surface area (Å²) < 4.78 is 1.75. The zero-order valence-corrected chi connectivity index (χ0v) is 10.5. The number of aryl methyl sites for hydroxylation is 3. The van der Waals surface area contributed by atoms with Crippen LogP contribution in [0.1, 0.15) is 28.6 Å². The van der Waals surface area contributed by atoms with Crippen molar-refractivity contribution >= 4 is 0 Å². The predicted octanol–water partition coefficient (Wildman–Crippen LogP) is 2.31. The van der Waals surface area contributed by atoms with Crippen LogP contribution in [0.3, 0.4) is 0 Å². The van der Waals surface area contributed by atoms with E-state index in [1.807, 2.05) is 32.2 Å². The number of aromatic nitrogens is 2. The predicted molar refractivity (Wildman–Crippen MR) is 67.8 cm³/mol. The molecule has 2 aromatic rings. The van der Waals surface area contributed by atoms with E-state index in [4.69, 9.17) is 0 Å². The molecular formula is C14H18N2O. The van der Waals surface area contributed by atoms with E-state index in [9.17, 15) is 5.11 Å². The van der Waals surface area contributed by atoms with Crippen molar-refractivity contribution in [3.05, 3.63) is 52.8 Å². The topological polar surface area (TPSA) is 38.1 Å². The van der Waals surface area contributed by atoms with Crippen molar-refractivity contribution in [2.24, 2.45) is 7.05 Å². The Morgan fingerprint density at radius 1 is 1.29 bits per heavy atom. The minimum absolute atomic E-state index is 0.497. The molecule has 2 rings (SSSR count). The molecule has 1 N–H and O–H groups in total. The molecule has 0 fully saturated rings. The van der Waals surface area contributed by atoms with Crippen LogP contribution in [0.15, 0.2) is 30.3 Å². The number of rotatable bonds is 3. The first kappa shape index (κ1) is 11.9. The third-order valence-electron chi connectivity index (χ3n) is 2.89. The second kappa shape index (κ2) is 4.72. The van der Waals surface area contributed by atoms with Gasteiger partial charge in [0.1, 0.15) is 0 Å². The van der Waals surface area contributed by atoms with Crippen LogP contribution in [0.2, 0.25) is 0 Å². The van der Waals surface area contributed by atoms with E-state index in [1.165, 1.54) is 5.56 Å². The molecule has 1 heterocycles. The van der Waals surface area contributed by atoms with Gasteiger partial charge in [-0.2, -0.15) is 5.10 Å². The molecule has 90 valence electrons. The first-order chi connectivity index (χ1) is 8.06. The number of hydrogen-bond donors (Lipinski definition) is 1. The number of aliphatic hydroxyl groups excluding tert-OH is 1. The Morgan fingerprint density at radius 3 is 2.65 bits per heavy atom. The van der Waals surface area contributed by atoms with Crippen molar-refractivity contribution in [2.75, 3.05) is 0 Å². The normalized spacial score (nSPS) is 12.7. The van der Waals surface area contributed by atoms with Gasteiger partial charge in [0.15, 0.2) is 0 Å². The highest BCUT2D eigenvalue weighted by atomic mass is 16.3. The maximum Gasteiger partial charge on any atom is 0.0996 e. The average molecular weight is 230 g/mol. The second-order valence-electron chi connectivity index (χ2n) is 4.54. The van der Waals surface area contributed by atoms with Crippen LogP contribution in [0, 0.1) is 13.8 Å². The van der Waals surface area contributed by atoms with Gasteiger partial charge in [0.2, 0.25) is 0 Å². The third-order valence-corrected chi connectivity index (χ3v) is 2.89. The molecule has 1 atom stereocenters. The SMILES string of the molecule is Cc1cccc(CC(O)c2cc(C)nn2C)c1. The van der Waals surface area contributed by atoms with Crippen LogP contribution in [-0.2, 0) is 13.5 Å². The minimum atomic E-state index is -0.497. The monoisotopic (exact) mass is 230 g/mol. The lowest BCUT2D eigenvalue weighted by atomic mass is 10.0. The van der Waals surface area contributed by atoms with Crippen molar-refractivity contribution in [3.63, 3.8) is 0 Å². The van der Waals surface area contributed by atoms with Crippen molar-refractivity contribution in [1.29, 1.82) is 0 Å². The average Bonchev–Trinajstić information content (AvgIpc) is 2.58. The summed E-state index contributed by atoms with van der Waals surface area (Å²) in [5.41, 5.74) is 4.17. The summed E-state index contributed by atoms with van der Waals surface area (Å²) in [6.45, 7) is 3.99. The Labute approximate surface area is 102 Å². The van der Waals surface area contributed by atoms with E-state index < -0.39 is 6.10 Å². The molecule has 0 bridgehead atoms. The molecule has 0 spiro atoms. The fraction of sp³-hybridized carbons (Fsp3) is 0.357.